The number of piperazine rings is 1. The summed E-state index contributed by atoms with van der Waals surface area (Å²) in [7, 11) is 0. The minimum absolute atomic E-state index is 0.218. The first-order chi connectivity index (χ1) is 20.7. The summed E-state index contributed by atoms with van der Waals surface area (Å²) in [6, 6.07) is 20.9. The first-order valence-corrected chi connectivity index (χ1v) is 14.3. The van der Waals surface area contributed by atoms with E-state index in [0.717, 1.165) is 33.7 Å². The number of aromatic amines is 1. The number of aromatic nitrogens is 5. The van der Waals surface area contributed by atoms with Gasteiger partial charge in [0.1, 0.15) is 6.04 Å². The van der Waals surface area contributed by atoms with E-state index in [0.29, 0.717) is 56.2 Å². The molecule has 3 heterocycles. The van der Waals surface area contributed by atoms with Crippen LogP contribution in [-0.2, 0) is 19.1 Å². The van der Waals surface area contributed by atoms with Gasteiger partial charge in [0.15, 0.2) is 5.82 Å². The number of aryl methyl sites for hydroxylation is 4. The SMILES string of the molecule is Cc1ccc(C)c2[nH]c(=O)c([C@H](c3nnnn3CCc3ccccc3)N3CCN(c4cccc(C(F)(F)F)c4)CC3)cc12. The van der Waals surface area contributed by atoms with E-state index < -0.39 is 17.8 Å². The summed E-state index contributed by atoms with van der Waals surface area (Å²) >= 11 is 0. The minimum atomic E-state index is -4.41. The number of nitrogens with one attached hydrogen (secondary N) is 1. The number of hydrogen-bond donors (Lipinski definition) is 1. The van der Waals surface area contributed by atoms with Crippen LogP contribution in [0.4, 0.5) is 18.9 Å². The van der Waals surface area contributed by atoms with Gasteiger partial charge in [-0.25, -0.2) is 4.68 Å². The standard InChI is InChI=1S/C32H32F3N7O/c1-21-11-12-22(2)28-26(21)20-27(31(43)36-28)29(30-37-38-39-42(30)14-13-23-7-4-3-5-8-23)41-17-15-40(16-18-41)25-10-6-9-24(19-25)32(33,34)35/h3-12,19-20,29H,13-18H2,1-2H3,(H,36,43)/t29-/m1/s1. The lowest BCUT2D eigenvalue weighted by atomic mass is 9.99. The molecule has 1 aliphatic rings. The topological polar surface area (TPSA) is 82.9 Å². The lowest BCUT2D eigenvalue weighted by Crippen LogP contribution is -2.49. The van der Waals surface area contributed by atoms with Crippen LogP contribution >= 0.6 is 0 Å². The summed E-state index contributed by atoms with van der Waals surface area (Å²) in [6.45, 7) is 6.45. The van der Waals surface area contributed by atoms with Gasteiger partial charge in [0.2, 0.25) is 0 Å². The van der Waals surface area contributed by atoms with Crippen molar-refractivity contribution in [1.29, 1.82) is 0 Å². The maximum atomic E-state index is 13.7. The number of tetrazole rings is 1. The smallest absolute Gasteiger partial charge is 0.369 e. The van der Waals surface area contributed by atoms with Crippen molar-refractivity contribution < 1.29 is 13.2 Å². The third-order valence-corrected chi connectivity index (χ3v) is 8.24. The number of hydrogen-bond acceptors (Lipinski definition) is 6. The average Bonchev–Trinajstić information content (AvgIpc) is 3.47. The molecule has 2 aromatic heterocycles. The quantitative estimate of drug-likeness (QED) is 0.278. The predicted molar refractivity (Wildman–Crippen MR) is 159 cm³/mol. The number of anilines is 1. The highest BCUT2D eigenvalue weighted by atomic mass is 19.4. The van der Waals surface area contributed by atoms with Crippen LogP contribution in [0, 0.1) is 13.8 Å². The summed E-state index contributed by atoms with van der Waals surface area (Å²) in [5, 5.41) is 13.7. The van der Waals surface area contributed by atoms with E-state index in [1.165, 1.54) is 12.1 Å². The normalized spacial score (nSPS) is 15.2. The lowest BCUT2D eigenvalue weighted by Gasteiger charge is -2.39. The zero-order valence-electron chi connectivity index (χ0n) is 24.0. The molecule has 1 atom stereocenters. The van der Waals surface area contributed by atoms with E-state index >= 15 is 0 Å². The number of pyridine rings is 1. The minimum Gasteiger partial charge on any atom is -0.369 e. The van der Waals surface area contributed by atoms with E-state index in [4.69, 9.17) is 0 Å². The molecular weight excluding hydrogens is 555 g/mol. The second-order valence-electron chi connectivity index (χ2n) is 11.0. The molecule has 0 bridgehead atoms. The Balaban J connectivity index is 1.35. The highest BCUT2D eigenvalue weighted by Gasteiger charge is 2.34. The molecule has 6 rings (SSSR count). The number of halogens is 3. The van der Waals surface area contributed by atoms with Gasteiger partial charge >= 0.3 is 6.18 Å². The Morgan fingerprint density at radius 1 is 0.907 bits per heavy atom. The molecule has 1 saturated heterocycles. The van der Waals surface area contributed by atoms with E-state index in [9.17, 15) is 18.0 Å². The molecule has 5 aromatic rings. The third kappa shape index (κ3) is 5.90. The van der Waals surface area contributed by atoms with Crippen LogP contribution in [0.2, 0.25) is 0 Å². The molecule has 0 aliphatic carbocycles. The van der Waals surface area contributed by atoms with Crippen molar-refractivity contribution >= 4 is 16.6 Å². The Hall–Kier alpha value is -4.51. The molecule has 1 fully saturated rings. The van der Waals surface area contributed by atoms with Crippen LogP contribution < -0.4 is 10.5 Å². The summed E-state index contributed by atoms with van der Waals surface area (Å²) in [4.78, 5) is 20.9. The van der Waals surface area contributed by atoms with E-state index in [-0.39, 0.29) is 5.56 Å². The summed E-state index contributed by atoms with van der Waals surface area (Å²) in [5.41, 5.74) is 4.12. The maximum Gasteiger partial charge on any atom is 0.416 e. The van der Waals surface area contributed by atoms with E-state index in [2.05, 4.69) is 25.4 Å². The summed E-state index contributed by atoms with van der Waals surface area (Å²) < 4.78 is 41.9. The molecule has 1 aliphatic heterocycles. The van der Waals surface area contributed by atoms with Gasteiger partial charge in [-0.1, -0.05) is 48.5 Å². The van der Waals surface area contributed by atoms with Crippen LogP contribution in [-0.4, -0.2) is 56.3 Å². The second-order valence-corrected chi connectivity index (χ2v) is 11.0. The van der Waals surface area contributed by atoms with Gasteiger partial charge in [0.05, 0.1) is 11.1 Å². The van der Waals surface area contributed by atoms with E-state index in [1.54, 1.807) is 10.7 Å². The summed E-state index contributed by atoms with van der Waals surface area (Å²) in [6.07, 6.45) is -3.70. The fraction of sp³-hybridized carbons (Fsp3) is 0.312. The number of alkyl halides is 3. The van der Waals surface area contributed by atoms with Crippen LogP contribution in [0.3, 0.4) is 0 Å². The highest BCUT2D eigenvalue weighted by Crippen LogP contribution is 2.33. The monoisotopic (exact) mass is 587 g/mol. The Bertz CT molecular complexity index is 1790. The number of rotatable bonds is 7. The van der Waals surface area contributed by atoms with Gasteiger partial charge in [-0.2, -0.15) is 13.2 Å². The molecule has 0 unspecified atom stereocenters. The van der Waals surface area contributed by atoms with Gasteiger partial charge in [0.25, 0.3) is 5.56 Å². The Morgan fingerprint density at radius 2 is 1.65 bits per heavy atom. The van der Waals surface area contributed by atoms with Crippen LogP contribution in [0.5, 0.6) is 0 Å². The molecule has 222 valence electrons. The van der Waals surface area contributed by atoms with Crippen molar-refractivity contribution in [3.05, 3.63) is 117 Å². The molecule has 0 radical (unpaired) electrons. The second kappa shape index (κ2) is 11.6. The number of benzene rings is 3. The van der Waals surface area contributed by atoms with Gasteiger partial charge in [-0.3, -0.25) is 9.69 Å². The van der Waals surface area contributed by atoms with E-state index in [1.807, 2.05) is 67.3 Å². The van der Waals surface area contributed by atoms with Crippen molar-refractivity contribution in [3.63, 3.8) is 0 Å². The number of H-pyrrole nitrogens is 1. The van der Waals surface area contributed by atoms with Crippen molar-refractivity contribution in [1.82, 2.24) is 30.1 Å². The first kappa shape index (κ1) is 28.6. The van der Waals surface area contributed by atoms with Crippen LogP contribution in [0.25, 0.3) is 10.9 Å². The average molecular weight is 588 g/mol. The Kier molecular flexibility index (Phi) is 7.74. The van der Waals surface area contributed by atoms with Gasteiger partial charge in [0, 0.05) is 49.4 Å². The van der Waals surface area contributed by atoms with Gasteiger partial charge in [-0.05, 0) is 71.7 Å². The molecule has 0 saturated carbocycles. The zero-order chi connectivity index (χ0) is 30.1. The van der Waals surface area contributed by atoms with Crippen molar-refractivity contribution in [3.8, 4) is 0 Å². The zero-order valence-corrected chi connectivity index (χ0v) is 24.0. The number of nitrogens with zero attached hydrogens (tertiary/aromatic N) is 6. The van der Waals surface area contributed by atoms with Crippen LogP contribution in [0.1, 0.15) is 39.7 Å². The molecule has 1 N–H and O–H groups in total. The predicted octanol–water partition coefficient (Wildman–Crippen LogP) is 5.30. The largest absolute Gasteiger partial charge is 0.416 e. The lowest BCUT2D eigenvalue weighted by molar-refractivity contribution is -0.137. The fourth-order valence-corrected chi connectivity index (χ4v) is 5.86. The molecular formula is C32H32F3N7O. The third-order valence-electron chi connectivity index (χ3n) is 8.24. The number of fused-ring (bicyclic) bond motifs is 1. The molecule has 11 heteroatoms. The Morgan fingerprint density at radius 3 is 2.40 bits per heavy atom. The highest BCUT2D eigenvalue weighted by molar-refractivity contribution is 5.85. The molecule has 0 amide bonds. The fourth-order valence-electron chi connectivity index (χ4n) is 5.86. The molecule has 43 heavy (non-hydrogen) atoms. The van der Waals surface area contributed by atoms with Crippen molar-refractivity contribution in [2.75, 3.05) is 31.1 Å². The van der Waals surface area contributed by atoms with Gasteiger partial charge < -0.3 is 9.88 Å². The molecule has 8 nitrogen and oxygen atoms in total. The van der Waals surface area contributed by atoms with Crippen molar-refractivity contribution in [2.24, 2.45) is 0 Å². The molecule has 0 spiro atoms. The van der Waals surface area contributed by atoms with Crippen LogP contribution in [0.15, 0.2) is 77.6 Å². The van der Waals surface area contributed by atoms with Gasteiger partial charge in [-0.15, -0.1) is 5.10 Å². The molecule has 3 aromatic carbocycles. The maximum absolute atomic E-state index is 13.7. The summed E-state index contributed by atoms with van der Waals surface area (Å²) in [5.74, 6) is 0.554. The van der Waals surface area contributed by atoms with Crippen molar-refractivity contribution in [2.45, 2.75) is 39.0 Å². The Labute approximate surface area is 246 Å². The first-order valence-electron chi connectivity index (χ1n) is 14.3.